The molecular formula is C19H26F2IN5. The van der Waals surface area contributed by atoms with Gasteiger partial charge in [-0.25, -0.2) is 13.8 Å². The third-order valence-corrected chi connectivity index (χ3v) is 4.47. The Balaban J connectivity index is 0.00000261. The molecule has 1 N–H and O–H groups in total. The number of aryl methyl sites for hydroxylation is 1. The number of aliphatic imine (C=N–C) groups is 1. The fourth-order valence-electron chi connectivity index (χ4n) is 3.13. The summed E-state index contributed by atoms with van der Waals surface area (Å²) in [7, 11) is 1.99. The molecule has 0 radical (unpaired) electrons. The summed E-state index contributed by atoms with van der Waals surface area (Å²) in [5.74, 6) is 0.0572. The zero-order valence-electron chi connectivity index (χ0n) is 15.7. The molecule has 0 amide bonds. The van der Waals surface area contributed by atoms with Crippen LogP contribution in [0.4, 0.5) is 14.5 Å². The lowest BCUT2D eigenvalue weighted by Gasteiger charge is -2.37. The highest BCUT2D eigenvalue weighted by molar-refractivity contribution is 14.0. The standard InChI is InChI=1S/C19H25F2N5.HI/c1-3-22-19(23-13-15-6-7-24(2)14-15)26-10-8-25(9-11-26)18-12-16(20)4-5-17(18)21;/h4-7,12,14H,3,8-11,13H2,1-2H3,(H,22,23);1H. The predicted octanol–water partition coefficient (Wildman–Crippen LogP) is 3.21. The fraction of sp³-hybridized carbons (Fsp3) is 0.421. The van der Waals surface area contributed by atoms with Crippen molar-refractivity contribution in [2.24, 2.45) is 12.0 Å². The second kappa shape index (κ2) is 9.91. The molecule has 1 fully saturated rings. The third-order valence-electron chi connectivity index (χ3n) is 4.47. The number of anilines is 1. The summed E-state index contributed by atoms with van der Waals surface area (Å²) in [5.41, 5.74) is 1.49. The Morgan fingerprint density at radius 3 is 2.52 bits per heavy atom. The van der Waals surface area contributed by atoms with Gasteiger partial charge in [-0.05, 0) is 30.7 Å². The number of hydrogen-bond acceptors (Lipinski definition) is 2. The molecule has 0 bridgehead atoms. The number of hydrogen-bond donors (Lipinski definition) is 1. The molecule has 1 aromatic carbocycles. The van der Waals surface area contributed by atoms with Gasteiger partial charge in [-0.3, -0.25) is 0 Å². The molecule has 0 spiro atoms. The van der Waals surface area contributed by atoms with Crippen molar-refractivity contribution >= 4 is 35.6 Å². The summed E-state index contributed by atoms with van der Waals surface area (Å²) in [6, 6.07) is 5.65. The van der Waals surface area contributed by atoms with Gasteiger partial charge in [0.1, 0.15) is 11.6 Å². The lowest BCUT2D eigenvalue weighted by atomic mass is 10.2. The van der Waals surface area contributed by atoms with Crippen LogP contribution in [0, 0.1) is 11.6 Å². The molecule has 1 aliphatic heterocycles. The summed E-state index contributed by atoms with van der Waals surface area (Å²) in [5, 5.41) is 3.32. The number of piperazine rings is 1. The number of nitrogens with zero attached hydrogens (tertiary/aromatic N) is 4. The van der Waals surface area contributed by atoms with E-state index in [9.17, 15) is 8.78 Å². The monoisotopic (exact) mass is 489 g/mol. The van der Waals surface area contributed by atoms with E-state index in [1.54, 1.807) is 0 Å². The lowest BCUT2D eigenvalue weighted by molar-refractivity contribution is 0.370. The summed E-state index contributed by atoms with van der Waals surface area (Å²) < 4.78 is 29.4. The first-order chi connectivity index (χ1) is 12.6. The van der Waals surface area contributed by atoms with Crippen LogP contribution in [0.1, 0.15) is 12.5 Å². The molecule has 27 heavy (non-hydrogen) atoms. The van der Waals surface area contributed by atoms with Crippen LogP contribution in [0.15, 0.2) is 41.7 Å². The van der Waals surface area contributed by atoms with Crippen LogP contribution in [0.2, 0.25) is 0 Å². The maximum Gasteiger partial charge on any atom is 0.194 e. The maximum atomic E-state index is 14.0. The van der Waals surface area contributed by atoms with Gasteiger partial charge >= 0.3 is 0 Å². The summed E-state index contributed by atoms with van der Waals surface area (Å²) in [6.07, 6.45) is 4.06. The van der Waals surface area contributed by atoms with E-state index in [4.69, 9.17) is 4.99 Å². The van der Waals surface area contributed by atoms with Gasteiger partial charge in [-0.15, -0.1) is 24.0 Å². The Kier molecular flexibility index (Phi) is 7.88. The van der Waals surface area contributed by atoms with Crippen molar-refractivity contribution in [2.45, 2.75) is 13.5 Å². The molecule has 0 aliphatic carbocycles. The predicted molar refractivity (Wildman–Crippen MR) is 116 cm³/mol. The molecule has 0 saturated carbocycles. The van der Waals surface area contributed by atoms with E-state index in [-0.39, 0.29) is 29.8 Å². The third kappa shape index (κ3) is 5.57. The maximum absolute atomic E-state index is 14.0. The van der Waals surface area contributed by atoms with Gasteiger partial charge in [0.15, 0.2) is 5.96 Å². The van der Waals surface area contributed by atoms with Crippen LogP contribution >= 0.6 is 24.0 Å². The van der Waals surface area contributed by atoms with Crippen molar-refractivity contribution < 1.29 is 8.78 Å². The molecule has 3 rings (SSSR count). The van der Waals surface area contributed by atoms with Crippen molar-refractivity contribution in [3.05, 3.63) is 53.9 Å². The Labute approximate surface area is 176 Å². The molecule has 1 aliphatic rings. The Morgan fingerprint density at radius 1 is 1.15 bits per heavy atom. The Hall–Kier alpha value is -1.84. The van der Waals surface area contributed by atoms with Gasteiger partial charge in [0, 0.05) is 58.2 Å². The normalized spacial score (nSPS) is 14.9. The van der Waals surface area contributed by atoms with E-state index in [1.807, 2.05) is 29.6 Å². The van der Waals surface area contributed by atoms with E-state index < -0.39 is 5.82 Å². The first-order valence-electron chi connectivity index (χ1n) is 8.91. The fourth-order valence-corrected chi connectivity index (χ4v) is 3.13. The van der Waals surface area contributed by atoms with E-state index in [0.29, 0.717) is 38.4 Å². The number of benzene rings is 1. The van der Waals surface area contributed by atoms with Crippen molar-refractivity contribution in [3.8, 4) is 0 Å². The highest BCUT2D eigenvalue weighted by Crippen LogP contribution is 2.22. The van der Waals surface area contributed by atoms with Crippen molar-refractivity contribution in [1.29, 1.82) is 0 Å². The molecular weight excluding hydrogens is 463 g/mol. The highest BCUT2D eigenvalue weighted by Gasteiger charge is 2.22. The van der Waals surface area contributed by atoms with Crippen molar-refractivity contribution in [2.75, 3.05) is 37.6 Å². The number of guanidine groups is 1. The lowest BCUT2D eigenvalue weighted by Crippen LogP contribution is -2.52. The van der Waals surface area contributed by atoms with E-state index >= 15 is 0 Å². The quantitative estimate of drug-likeness (QED) is 0.407. The van der Waals surface area contributed by atoms with E-state index in [1.165, 1.54) is 12.1 Å². The Morgan fingerprint density at radius 2 is 1.89 bits per heavy atom. The largest absolute Gasteiger partial charge is 0.366 e. The van der Waals surface area contributed by atoms with Crippen LogP contribution in [0.25, 0.3) is 0 Å². The summed E-state index contributed by atoms with van der Waals surface area (Å²) in [4.78, 5) is 8.77. The smallest absolute Gasteiger partial charge is 0.194 e. The minimum Gasteiger partial charge on any atom is -0.366 e. The molecule has 1 aromatic heterocycles. The van der Waals surface area contributed by atoms with E-state index in [2.05, 4.69) is 22.5 Å². The van der Waals surface area contributed by atoms with Gasteiger partial charge in [-0.2, -0.15) is 0 Å². The van der Waals surface area contributed by atoms with Crippen LogP contribution < -0.4 is 10.2 Å². The summed E-state index contributed by atoms with van der Waals surface area (Å²) in [6.45, 7) is 6.09. The van der Waals surface area contributed by atoms with Gasteiger partial charge in [-0.1, -0.05) is 0 Å². The van der Waals surface area contributed by atoms with Gasteiger partial charge in [0.05, 0.1) is 12.2 Å². The SMILES string of the molecule is CCNC(=NCc1ccn(C)c1)N1CCN(c2cc(F)ccc2F)CC1.I. The molecule has 0 atom stereocenters. The average Bonchev–Trinajstić information content (AvgIpc) is 3.06. The number of halogens is 3. The topological polar surface area (TPSA) is 35.8 Å². The van der Waals surface area contributed by atoms with E-state index in [0.717, 1.165) is 24.1 Å². The molecule has 1 saturated heterocycles. The highest BCUT2D eigenvalue weighted by atomic mass is 127. The van der Waals surface area contributed by atoms with Crippen LogP contribution in [-0.4, -0.2) is 48.2 Å². The number of aromatic nitrogens is 1. The molecule has 0 unspecified atom stereocenters. The zero-order chi connectivity index (χ0) is 18.5. The molecule has 148 valence electrons. The second-order valence-corrected chi connectivity index (χ2v) is 6.43. The molecule has 2 heterocycles. The Bertz CT molecular complexity index is 769. The first-order valence-corrected chi connectivity index (χ1v) is 8.91. The van der Waals surface area contributed by atoms with Crippen LogP contribution in [0.3, 0.4) is 0 Å². The second-order valence-electron chi connectivity index (χ2n) is 6.43. The molecule has 8 heteroatoms. The van der Waals surface area contributed by atoms with Crippen LogP contribution in [0.5, 0.6) is 0 Å². The molecule has 5 nitrogen and oxygen atoms in total. The minimum absolute atomic E-state index is 0. The van der Waals surface area contributed by atoms with Crippen molar-refractivity contribution in [3.63, 3.8) is 0 Å². The van der Waals surface area contributed by atoms with Gasteiger partial charge in [0.25, 0.3) is 0 Å². The first kappa shape index (κ1) is 21.5. The average molecular weight is 489 g/mol. The zero-order valence-corrected chi connectivity index (χ0v) is 18.0. The van der Waals surface area contributed by atoms with Crippen LogP contribution in [-0.2, 0) is 13.6 Å². The van der Waals surface area contributed by atoms with Gasteiger partial charge in [0.2, 0.25) is 0 Å². The number of rotatable bonds is 4. The minimum atomic E-state index is -0.415. The van der Waals surface area contributed by atoms with Gasteiger partial charge < -0.3 is 19.7 Å². The van der Waals surface area contributed by atoms with Crippen molar-refractivity contribution in [1.82, 2.24) is 14.8 Å². The number of nitrogens with one attached hydrogen (secondary N) is 1. The molecule has 2 aromatic rings. The summed E-state index contributed by atoms with van der Waals surface area (Å²) >= 11 is 0.